The average Bonchev–Trinajstić information content (AvgIpc) is 2.81. The molecule has 6 heteroatoms. The van der Waals surface area contributed by atoms with E-state index in [1.54, 1.807) is 6.20 Å². The lowest BCUT2D eigenvalue weighted by Crippen LogP contribution is -2.52. The number of anilines is 1. The molecule has 2 heterocycles. The molecule has 1 unspecified atom stereocenters. The van der Waals surface area contributed by atoms with E-state index < -0.39 is 0 Å². The SMILES string of the molecule is CCOc1ccccc1C(=O)N1CCCC(Nc2nccc(-c3ccccc3)n2)[C@@H]1C. The van der Waals surface area contributed by atoms with E-state index in [4.69, 9.17) is 9.72 Å². The molecule has 31 heavy (non-hydrogen) atoms. The Morgan fingerprint density at radius 1 is 1.13 bits per heavy atom. The second-order valence-electron chi connectivity index (χ2n) is 7.69. The number of benzene rings is 2. The first-order chi connectivity index (χ1) is 15.2. The van der Waals surface area contributed by atoms with Crippen LogP contribution in [0.25, 0.3) is 11.3 Å². The molecule has 160 valence electrons. The number of hydrogen-bond donors (Lipinski definition) is 1. The van der Waals surface area contributed by atoms with Crippen LogP contribution in [0.3, 0.4) is 0 Å². The summed E-state index contributed by atoms with van der Waals surface area (Å²) in [6, 6.07) is 19.5. The summed E-state index contributed by atoms with van der Waals surface area (Å²) in [5, 5.41) is 3.47. The standard InChI is InChI=1S/C25H28N4O2/c1-3-31-23-14-8-7-12-20(23)24(30)29-17-9-13-21(18(29)2)27-25-26-16-15-22(28-25)19-10-5-4-6-11-19/h4-8,10-12,14-16,18,21H,3,9,13,17H2,1-2H3,(H,26,27,28)/t18-,21?/m0/s1. The van der Waals surface area contributed by atoms with Gasteiger partial charge < -0.3 is 15.0 Å². The molecule has 1 aliphatic rings. The lowest BCUT2D eigenvalue weighted by molar-refractivity contribution is 0.0612. The average molecular weight is 417 g/mol. The van der Waals surface area contributed by atoms with Gasteiger partial charge in [-0.1, -0.05) is 42.5 Å². The van der Waals surface area contributed by atoms with E-state index in [0.29, 0.717) is 23.9 Å². The van der Waals surface area contributed by atoms with Gasteiger partial charge in [0, 0.05) is 30.4 Å². The molecule has 1 aliphatic heterocycles. The van der Waals surface area contributed by atoms with E-state index in [2.05, 4.69) is 17.2 Å². The minimum atomic E-state index is -0.0000796. The number of nitrogens with one attached hydrogen (secondary N) is 1. The molecule has 1 amide bonds. The fourth-order valence-corrected chi connectivity index (χ4v) is 4.07. The quantitative estimate of drug-likeness (QED) is 0.634. The van der Waals surface area contributed by atoms with Crippen molar-refractivity contribution in [1.82, 2.24) is 14.9 Å². The lowest BCUT2D eigenvalue weighted by atomic mass is 9.96. The van der Waals surface area contributed by atoms with Crippen LogP contribution in [0.15, 0.2) is 66.9 Å². The molecule has 1 saturated heterocycles. The Morgan fingerprint density at radius 3 is 2.71 bits per heavy atom. The van der Waals surface area contributed by atoms with Crippen molar-refractivity contribution in [3.8, 4) is 17.0 Å². The van der Waals surface area contributed by atoms with E-state index in [1.165, 1.54) is 0 Å². The van der Waals surface area contributed by atoms with Crippen molar-refractivity contribution >= 4 is 11.9 Å². The van der Waals surface area contributed by atoms with Crippen molar-refractivity contribution in [2.45, 2.75) is 38.8 Å². The van der Waals surface area contributed by atoms with Crippen molar-refractivity contribution in [3.05, 3.63) is 72.4 Å². The van der Waals surface area contributed by atoms with Gasteiger partial charge in [0.25, 0.3) is 5.91 Å². The molecule has 0 spiro atoms. The first kappa shape index (κ1) is 20.8. The van der Waals surface area contributed by atoms with Crippen LogP contribution in [0.1, 0.15) is 37.0 Å². The molecule has 2 atom stereocenters. The third-order valence-electron chi connectivity index (χ3n) is 5.71. The van der Waals surface area contributed by atoms with Crippen molar-refractivity contribution in [3.63, 3.8) is 0 Å². The number of nitrogens with zero attached hydrogens (tertiary/aromatic N) is 3. The van der Waals surface area contributed by atoms with Crippen LogP contribution in [0.5, 0.6) is 5.75 Å². The maximum Gasteiger partial charge on any atom is 0.257 e. The van der Waals surface area contributed by atoms with Gasteiger partial charge in [0.05, 0.1) is 17.9 Å². The van der Waals surface area contributed by atoms with E-state index in [0.717, 1.165) is 30.6 Å². The highest BCUT2D eigenvalue weighted by Gasteiger charge is 2.33. The van der Waals surface area contributed by atoms with Crippen molar-refractivity contribution in [2.75, 3.05) is 18.5 Å². The Balaban J connectivity index is 1.51. The van der Waals surface area contributed by atoms with Crippen molar-refractivity contribution < 1.29 is 9.53 Å². The summed E-state index contributed by atoms with van der Waals surface area (Å²) in [5.74, 6) is 1.22. The molecule has 1 fully saturated rings. The molecular weight excluding hydrogens is 388 g/mol. The Hall–Kier alpha value is -3.41. The number of likely N-dealkylation sites (tertiary alicyclic amines) is 1. The number of rotatable bonds is 6. The molecule has 2 aromatic carbocycles. The molecule has 3 aromatic rings. The maximum absolute atomic E-state index is 13.3. The second kappa shape index (κ2) is 9.60. The molecule has 4 rings (SSSR count). The van der Waals surface area contributed by atoms with Gasteiger partial charge in [-0.15, -0.1) is 0 Å². The third-order valence-corrected chi connectivity index (χ3v) is 5.71. The van der Waals surface area contributed by atoms with Crippen LogP contribution in [-0.4, -0.2) is 46.0 Å². The van der Waals surface area contributed by atoms with Gasteiger partial charge in [-0.05, 0) is 44.9 Å². The summed E-state index contributed by atoms with van der Waals surface area (Å²) in [6.45, 7) is 5.26. The third kappa shape index (κ3) is 4.68. The van der Waals surface area contributed by atoms with E-state index in [1.807, 2.05) is 72.5 Å². The molecule has 6 nitrogen and oxygen atoms in total. The number of aromatic nitrogens is 2. The molecular formula is C25H28N4O2. The minimum Gasteiger partial charge on any atom is -0.493 e. The van der Waals surface area contributed by atoms with Gasteiger partial charge in [-0.2, -0.15) is 0 Å². The lowest BCUT2D eigenvalue weighted by Gasteiger charge is -2.40. The zero-order valence-corrected chi connectivity index (χ0v) is 18.0. The van der Waals surface area contributed by atoms with Crippen LogP contribution in [0, 0.1) is 0 Å². The van der Waals surface area contributed by atoms with Gasteiger partial charge >= 0.3 is 0 Å². The Morgan fingerprint density at radius 2 is 1.90 bits per heavy atom. The first-order valence-electron chi connectivity index (χ1n) is 10.8. The van der Waals surface area contributed by atoms with Gasteiger partial charge in [-0.25, -0.2) is 9.97 Å². The zero-order valence-electron chi connectivity index (χ0n) is 18.0. The summed E-state index contributed by atoms with van der Waals surface area (Å²) in [6.07, 6.45) is 3.65. The molecule has 0 saturated carbocycles. The molecule has 0 aliphatic carbocycles. The van der Waals surface area contributed by atoms with Crippen LogP contribution in [0.4, 0.5) is 5.95 Å². The smallest absolute Gasteiger partial charge is 0.257 e. The van der Waals surface area contributed by atoms with Gasteiger partial charge in [0.15, 0.2) is 0 Å². The fourth-order valence-electron chi connectivity index (χ4n) is 4.07. The van der Waals surface area contributed by atoms with Gasteiger partial charge in [0.2, 0.25) is 5.95 Å². The molecule has 0 radical (unpaired) electrons. The highest BCUT2D eigenvalue weighted by Crippen LogP contribution is 2.26. The molecule has 0 bridgehead atoms. The summed E-state index contributed by atoms with van der Waals surface area (Å²) in [5.41, 5.74) is 2.54. The maximum atomic E-state index is 13.3. The second-order valence-corrected chi connectivity index (χ2v) is 7.69. The van der Waals surface area contributed by atoms with E-state index >= 15 is 0 Å². The first-order valence-corrected chi connectivity index (χ1v) is 10.8. The Kier molecular flexibility index (Phi) is 6.46. The topological polar surface area (TPSA) is 67.3 Å². The predicted molar refractivity (Wildman–Crippen MR) is 122 cm³/mol. The molecule has 1 N–H and O–H groups in total. The number of carbonyl (C=O) groups excluding carboxylic acids is 1. The summed E-state index contributed by atoms with van der Waals surface area (Å²) in [4.78, 5) is 24.4. The number of para-hydroxylation sites is 1. The van der Waals surface area contributed by atoms with E-state index in [-0.39, 0.29) is 18.0 Å². The van der Waals surface area contributed by atoms with Crippen molar-refractivity contribution in [1.29, 1.82) is 0 Å². The number of hydrogen-bond acceptors (Lipinski definition) is 5. The summed E-state index contributed by atoms with van der Waals surface area (Å²) >= 11 is 0. The normalized spacial score (nSPS) is 18.5. The molecule has 1 aromatic heterocycles. The van der Waals surface area contributed by atoms with E-state index in [9.17, 15) is 4.79 Å². The number of ether oxygens (including phenoxy) is 1. The van der Waals surface area contributed by atoms with Crippen LogP contribution < -0.4 is 10.1 Å². The highest BCUT2D eigenvalue weighted by molar-refractivity contribution is 5.97. The van der Waals surface area contributed by atoms with Gasteiger partial charge in [0.1, 0.15) is 5.75 Å². The monoisotopic (exact) mass is 416 g/mol. The number of amides is 1. The summed E-state index contributed by atoms with van der Waals surface area (Å²) in [7, 11) is 0. The highest BCUT2D eigenvalue weighted by atomic mass is 16.5. The van der Waals surface area contributed by atoms with Crippen LogP contribution in [0.2, 0.25) is 0 Å². The Bertz CT molecular complexity index is 1020. The fraction of sp³-hybridized carbons (Fsp3) is 0.320. The van der Waals surface area contributed by atoms with Gasteiger partial charge in [-0.3, -0.25) is 4.79 Å². The van der Waals surface area contributed by atoms with Crippen LogP contribution >= 0.6 is 0 Å². The number of piperidine rings is 1. The Labute approximate surface area is 183 Å². The largest absolute Gasteiger partial charge is 0.493 e. The zero-order chi connectivity index (χ0) is 21.6. The number of carbonyl (C=O) groups is 1. The predicted octanol–water partition coefficient (Wildman–Crippen LogP) is 4.65. The van der Waals surface area contributed by atoms with Crippen molar-refractivity contribution in [2.24, 2.45) is 0 Å². The minimum absolute atomic E-state index is 0.0000796. The van der Waals surface area contributed by atoms with Crippen LogP contribution in [-0.2, 0) is 0 Å². The summed E-state index contributed by atoms with van der Waals surface area (Å²) < 4.78 is 5.68.